The van der Waals surface area contributed by atoms with Crippen LogP contribution in [0, 0.1) is 0 Å². The highest BCUT2D eigenvalue weighted by atomic mass is 32.2. The second-order valence-electron chi connectivity index (χ2n) is 5.83. The van der Waals surface area contributed by atoms with Crippen LogP contribution in [-0.4, -0.2) is 24.5 Å². The summed E-state index contributed by atoms with van der Waals surface area (Å²) in [5.41, 5.74) is 0.875. The van der Waals surface area contributed by atoms with Crippen molar-refractivity contribution in [2.24, 2.45) is 0 Å². The smallest absolute Gasteiger partial charge is 0.338 e. The number of aromatic carboxylic acids is 1. The molecule has 0 aliphatic heterocycles. The fourth-order valence-corrected chi connectivity index (χ4v) is 4.41. The number of fused-ring (bicyclic) bond motifs is 3. The Labute approximate surface area is 148 Å². The number of hydrogen-bond acceptors (Lipinski definition) is 5. The van der Waals surface area contributed by atoms with Gasteiger partial charge in [-0.3, -0.25) is 4.98 Å². The fraction of sp³-hybridized carbons (Fsp3) is 0.0526. The fourth-order valence-electron chi connectivity index (χ4n) is 3.03. The Morgan fingerprint density at radius 3 is 2.54 bits per heavy atom. The van der Waals surface area contributed by atoms with Crippen LogP contribution in [0.4, 0.5) is 0 Å². The lowest BCUT2D eigenvalue weighted by molar-refractivity contribution is 0.0698. The van der Waals surface area contributed by atoms with Crippen molar-refractivity contribution in [2.45, 2.75) is 10.6 Å². The first-order valence-electron chi connectivity index (χ1n) is 7.76. The molecule has 0 unspecified atom stereocenters. The molecule has 1 N–H and O–H groups in total. The molecule has 0 amide bonds. The molecule has 2 aromatic carbocycles. The highest BCUT2D eigenvalue weighted by molar-refractivity contribution is 7.90. The summed E-state index contributed by atoms with van der Waals surface area (Å²) in [5.74, 6) is -1.64. The van der Waals surface area contributed by atoms with Gasteiger partial charge < -0.3 is 9.52 Å². The summed E-state index contributed by atoms with van der Waals surface area (Å²) in [4.78, 5) is 16.2. The molecule has 4 aromatic rings. The summed E-state index contributed by atoms with van der Waals surface area (Å²) < 4.78 is 30.6. The molecule has 4 rings (SSSR count). The Hall–Kier alpha value is -3.19. The van der Waals surface area contributed by atoms with Gasteiger partial charge in [-0.15, -0.1) is 0 Å². The number of pyridine rings is 1. The van der Waals surface area contributed by atoms with Crippen molar-refractivity contribution >= 4 is 37.7 Å². The summed E-state index contributed by atoms with van der Waals surface area (Å²) >= 11 is 0. The zero-order chi connectivity index (χ0) is 18.3. The highest BCUT2D eigenvalue weighted by Gasteiger charge is 2.23. The van der Waals surface area contributed by atoms with Gasteiger partial charge in [0.05, 0.1) is 34.2 Å². The van der Waals surface area contributed by atoms with Crippen molar-refractivity contribution in [1.29, 1.82) is 0 Å². The summed E-state index contributed by atoms with van der Waals surface area (Å²) in [6.07, 6.45) is 2.94. The zero-order valence-electron chi connectivity index (χ0n) is 13.4. The van der Waals surface area contributed by atoms with Crippen LogP contribution < -0.4 is 0 Å². The van der Waals surface area contributed by atoms with Crippen LogP contribution in [0.5, 0.6) is 0 Å². The number of benzene rings is 2. The Kier molecular flexibility index (Phi) is 3.73. The molecule has 0 bridgehead atoms. The number of carboxylic acids is 1. The lowest BCUT2D eigenvalue weighted by Gasteiger charge is -2.10. The quantitative estimate of drug-likeness (QED) is 0.591. The molecule has 0 atom stereocenters. The van der Waals surface area contributed by atoms with Gasteiger partial charge in [0.15, 0.2) is 15.4 Å². The maximum atomic E-state index is 12.7. The van der Waals surface area contributed by atoms with Crippen LogP contribution in [0.2, 0.25) is 0 Å². The number of hydrogen-bond donors (Lipinski definition) is 1. The van der Waals surface area contributed by atoms with Crippen molar-refractivity contribution < 1.29 is 22.7 Å². The van der Waals surface area contributed by atoms with Crippen molar-refractivity contribution in [3.05, 3.63) is 72.1 Å². The molecule has 26 heavy (non-hydrogen) atoms. The zero-order valence-corrected chi connectivity index (χ0v) is 14.2. The van der Waals surface area contributed by atoms with E-state index in [2.05, 4.69) is 4.98 Å². The van der Waals surface area contributed by atoms with Crippen LogP contribution in [-0.2, 0) is 15.6 Å². The van der Waals surface area contributed by atoms with Gasteiger partial charge in [-0.05, 0) is 23.8 Å². The maximum Gasteiger partial charge on any atom is 0.338 e. The van der Waals surface area contributed by atoms with Crippen LogP contribution >= 0.6 is 0 Å². The Balaban J connectivity index is 1.91. The van der Waals surface area contributed by atoms with Crippen molar-refractivity contribution in [3.63, 3.8) is 0 Å². The van der Waals surface area contributed by atoms with E-state index in [0.717, 1.165) is 5.39 Å². The van der Waals surface area contributed by atoms with E-state index in [9.17, 15) is 18.3 Å². The van der Waals surface area contributed by atoms with Gasteiger partial charge >= 0.3 is 5.97 Å². The van der Waals surface area contributed by atoms with Gasteiger partial charge in [-0.25, -0.2) is 13.2 Å². The minimum absolute atomic E-state index is 0.106. The SMILES string of the molecule is O=C(O)c1c(CS(=O)(=O)c2ccccc2)ccc2c1ncc1occc12. The van der Waals surface area contributed by atoms with Gasteiger partial charge in [0.1, 0.15) is 0 Å². The van der Waals surface area contributed by atoms with E-state index in [1.807, 2.05) is 0 Å². The average molecular weight is 367 g/mol. The van der Waals surface area contributed by atoms with Crippen LogP contribution in [0.3, 0.4) is 0 Å². The van der Waals surface area contributed by atoms with E-state index >= 15 is 0 Å². The molecule has 0 spiro atoms. The second-order valence-corrected chi connectivity index (χ2v) is 7.82. The Morgan fingerprint density at radius 2 is 1.81 bits per heavy atom. The van der Waals surface area contributed by atoms with E-state index < -0.39 is 21.6 Å². The molecule has 6 nitrogen and oxygen atoms in total. The third-order valence-corrected chi connectivity index (χ3v) is 5.90. The van der Waals surface area contributed by atoms with Crippen molar-refractivity contribution in [2.75, 3.05) is 0 Å². The number of sulfone groups is 1. The summed E-state index contributed by atoms with van der Waals surface area (Å²) in [6.45, 7) is 0. The van der Waals surface area contributed by atoms with E-state index in [1.165, 1.54) is 30.7 Å². The minimum Gasteiger partial charge on any atom is -0.478 e. The molecule has 0 fully saturated rings. The van der Waals surface area contributed by atoms with E-state index in [4.69, 9.17) is 4.42 Å². The predicted molar refractivity (Wildman–Crippen MR) is 95.8 cm³/mol. The molecular weight excluding hydrogens is 354 g/mol. The number of aromatic nitrogens is 1. The number of rotatable bonds is 4. The first-order valence-corrected chi connectivity index (χ1v) is 9.41. The molecule has 130 valence electrons. The molecule has 0 aliphatic rings. The van der Waals surface area contributed by atoms with Gasteiger partial charge in [0.25, 0.3) is 0 Å². The van der Waals surface area contributed by atoms with Crippen molar-refractivity contribution in [1.82, 2.24) is 4.98 Å². The predicted octanol–water partition coefficient (Wildman–Crippen LogP) is 3.65. The number of furan rings is 1. The molecule has 2 aromatic heterocycles. The highest BCUT2D eigenvalue weighted by Crippen LogP contribution is 2.30. The van der Waals surface area contributed by atoms with E-state index in [1.54, 1.807) is 30.3 Å². The maximum absolute atomic E-state index is 12.7. The third-order valence-electron chi connectivity index (χ3n) is 4.22. The molecule has 0 saturated heterocycles. The van der Waals surface area contributed by atoms with Gasteiger partial charge in [0, 0.05) is 10.8 Å². The standard InChI is InChI=1S/C19H13NO5S/c21-19(22)17-12(11-26(23,24)13-4-2-1-3-5-13)6-7-15-14-8-9-25-16(14)10-20-18(15)17/h1-10H,11H2,(H,21,22). The van der Waals surface area contributed by atoms with Gasteiger partial charge in [-0.1, -0.05) is 30.3 Å². The monoisotopic (exact) mass is 367 g/mol. The molecule has 0 aliphatic carbocycles. The lowest BCUT2D eigenvalue weighted by Crippen LogP contribution is -2.11. The second kappa shape index (κ2) is 5.96. The van der Waals surface area contributed by atoms with Crippen LogP contribution in [0.25, 0.3) is 21.9 Å². The molecular formula is C19H13NO5S. The van der Waals surface area contributed by atoms with E-state index in [0.29, 0.717) is 11.0 Å². The lowest BCUT2D eigenvalue weighted by atomic mass is 10.0. The summed E-state index contributed by atoms with van der Waals surface area (Å²) in [5, 5.41) is 11.0. The van der Waals surface area contributed by atoms with Crippen LogP contribution in [0.15, 0.2) is 70.3 Å². The number of carbonyl (C=O) groups is 1. The van der Waals surface area contributed by atoms with Gasteiger partial charge in [0.2, 0.25) is 0 Å². The van der Waals surface area contributed by atoms with Crippen LogP contribution in [0.1, 0.15) is 15.9 Å². The molecule has 2 heterocycles. The van der Waals surface area contributed by atoms with E-state index in [-0.39, 0.29) is 21.5 Å². The topological polar surface area (TPSA) is 97.5 Å². The minimum atomic E-state index is -3.68. The first kappa shape index (κ1) is 16.3. The molecule has 0 radical (unpaired) electrons. The third kappa shape index (κ3) is 2.62. The Bertz CT molecular complexity index is 1240. The average Bonchev–Trinajstić information content (AvgIpc) is 3.10. The van der Waals surface area contributed by atoms with Gasteiger partial charge in [-0.2, -0.15) is 0 Å². The molecule has 7 heteroatoms. The van der Waals surface area contributed by atoms with Crippen molar-refractivity contribution in [3.8, 4) is 0 Å². The number of carboxylic acid groups (broad SMARTS) is 1. The number of nitrogens with zero attached hydrogens (tertiary/aromatic N) is 1. The largest absolute Gasteiger partial charge is 0.478 e. The first-order chi connectivity index (χ1) is 12.5. The molecule has 0 saturated carbocycles. The summed E-state index contributed by atoms with van der Waals surface area (Å²) in [6, 6.07) is 12.9. The summed E-state index contributed by atoms with van der Waals surface area (Å²) in [7, 11) is -3.68. The Morgan fingerprint density at radius 1 is 1.04 bits per heavy atom. The normalized spacial score (nSPS) is 11.8.